The highest BCUT2D eigenvalue weighted by molar-refractivity contribution is 7.21. The molecule has 7 heteroatoms. The molecule has 0 atom stereocenters. The lowest BCUT2D eigenvalue weighted by Gasteiger charge is -2.06. The monoisotopic (exact) mass is 354 g/mol. The number of aromatic nitrogens is 3. The second-order valence-electron chi connectivity index (χ2n) is 5.70. The van der Waals surface area contributed by atoms with Crippen LogP contribution in [0.2, 0.25) is 0 Å². The second-order valence-corrected chi connectivity index (χ2v) is 6.73. The van der Waals surface area contributed by atoms with Crippen molar-refractivity contribution in [2.24, 2.45) is 0 Å². The Morgan fingerprint density at radius 1 is 1.28 bits per heavy atom. The summed E-state index contributed by atoms with van der Waals surface area (Å²) in [5, 5.41) is 12.2. The molecule has 0 aliphatic heterocycles. The fourth-order valence-corrected chi connectivity index (χ4v) is 4.00. The number of aliphatic hydroxyl groups is 1. The van der Waals surface area contributed by atoms with Gasteiger partial charge in [-0.05, 0) is 42.8 Å². The molecule has 0 aliphatic rings. The Hall–Kier alpha value is -2.64. The molecule has 128 valence electrons. The number of fused-ring (bicyclic) bond motifs is 3. The Balaban J connectivity index is 1.89. The third kappa shape index (κ3) is 2.71. The van der Waals surface area contributed by atoms with Gasteiger partial charge in [-0.3, -0.25) is 4.40 Å². The first kappa shape index (κ1) is 15.9. The van der Waals surface area contributed by atoms with Crippen LogP contribution in [0, 0.1) is 6.92 Å². The number of ether oxygens (including phenoxy) is 1. The molecule has 2 N–H and O–H groups in total. The number of anilines is 1. The topological polar surface area (TPSA) is 71.7 Å². The quantitative estimate of drug-likeness (QED) is 0.575. The van der Waals surface area contributed by atoms with Gasteiger partial charge in [0.2, 0.25) is 0 Å². The smallest absolute Gasteiger partial charge is 0.181 e. The van der Waals surface area contributed by atoms with Crippen molar-refractivity contribution >= 4 is 33.1 Å². The maximum absolute atomic E-state index is 9.09. The van der Waals surface area contributed by atoms with E-state index in [1.165, 1.54) is 0 Å². The van der Waals surface area contributed by atoms with Crippen LogP contribution in [0.15, 0.2) is 36.5 Å². The van der Waals surface area contributed by atoms with E-state index in [1.54, 1.807) is 18.4 Å². The van der Waals surface area contributed by atoms with Crippen LogP contribution < -0.4 is 10.1 Å². The number of methoxy groups -OCH3 is 1. The summed E-state index contributed by atoms with van der Waals surface area (Å²) in [6, 6.07) is 10.1. The van der Waals surface area contributed by atoms with Gasteiger partial charge < -0.3 is 15.2 Å². The molecule has 6 nitrogen and oxygen atoms in total. The van der Waals surface area contributed by atoms with Gasteiger partial charge in [-0.1, -0.05) is 0 Å². The lowest BCUT2D eigenvalue weighted by molar-refractivity contribution is 0.311. The number of rotatable bonds is 5. The number of nitrogens with zero attached hydrogens (tertiary/aromatic N) is 3. The van der Waals surface area contributed by atoms with E-state index in [9.17, 15) is 0 Å². The Morgan fingerprint density at radius 3 is 2.80 bits per heavy atom. The fourth-order valence-electron chi connectivity index (χ4n) is 2.83. The van der Waals surface area contributed by atoms with Gasteiger partial charge in [0.15, 0.2) is 11.5 Å². The summed E-state index contributed by atoms with van der Waals surface area (Å²) >= 11 is 1.69. The third-order valence-corrected chi connectivity index (χ3v) is 5.22. The van der Waals surface area contributed by atoms with Gasteiger partial charge >= 0.3 is 0 Å². The van der Waals surface area contributed by atoms with Gasteiger partial charge in [-0.2, -0.15) is 0 Å². The number of aliphatic hydroxyl groups excluding tert-OH is 1. The van der Waals surface area contributed by atoms with E-state index in [1.807, 2.05) is 37.4 Å². The van der Waals surface area contributed by atoms with Crippen LogP contribution in [-0.2, 0) is 0 Å². The number of nitrogens with one attached hydrogen (secondary N) is 1. The van der Waals surface area contributed by atoms with E-state index in [0.29, 0.717) is 12.4 Å². The number of benzene rings is 1. The fraction of sp³-hybridized carbons (Fsp3) is 0.222. The van der Waals surface area contributed by atoms with Crippen LogP contribution in [0.1, 0.15) is 5.69 Å². The SMILES string of the molecule is COc1ccc(-c2cc3nc(NCCO)c4ncc(C)n4c3s2)cc1. The summed E-state index contributed by atoms with van der Waals surface area (Å²) in [7, 11) is 1.66. The predicted octanol–water partition coefficient (Wildman–Crippen LogP) is 3.33. The highest BCUT2D eigenvalue weighted by atomic mass is 32.1. The first-order chi connectivity index (χ1) is 12.2. The van der Waals surface area contributed by atoms with Gasteiger partial charge in [0.1, 0.15) is 16.1 Å². The molecule has 0 saturated heterocycles. The zero-order valence-corrected chi connectivity index (χ0v) is 14.8. The molecular formula is C18H18N4O2S. The van der Waals surface area contributed by atoms with Crippen LogP contribution in [0.3, 0.4) is 0 Å². The molecule has 25 heavy (non-hydrogen) atoms. The molecule has 0 unspecified atom stereocenters. The van der Waals surface area contributed by atoms with Crippen LogP contribution >= 0.6 is 11.3 Å². The van der Waals surface area contributed by atoms with Gasteiger partial charge in [-0.15, -0.1) is 11.3 Å². The molecule has 3 heterocycles. The largest absolute Gasteiger partial charge is 0.497 e. The summed E-state index contributed by atoms with van der Waals surface area (Å²) in [5.41, 5.74) is 3.86. The van der Waals surface area contributed by atoms with E-state index in [0.717, 1.165) is 37.9 Å². The zero-order chi connectivity index (χ0) is 17.4. The molecule has 0 amide bonds. The Morgan fingerprint density at radius 2 is 2.08 bits per heavy atom. The van der Waals surface area contributed by atoms with Crippen molar-refractivity contribution in [3.8, 4) is 16.2 Å². The Kier molecular flexibility index (Phi) is 4.03. The molecule has 4 aromatic rings. The minimum absolute atomic E-state index is 0.0479. The van der Waals surface area contributed by atoms with E-state index in [2.05, 4.69) is 20.8 Å². The summed E-state index contributed by atoms with van der Waals surface area (Å²) in [5.74, 6) is 1.53. The summed E-state index contributed by atoms with van der Waals surface area (Å²) in [6.45, 7) is 2.52. The molecule has 3 aromatic heterocycles. The van der Waals surface area contributed by atoms with Crippen molar-refractivity contribution in [2.45, 2.75) is 6.92 Å². The maximum atomic E-state index is 9.09. The van der Waals surface area contributed by atoms with Gasteiger partial charge in [0, 0.05) is 23.3 Å². The summed E-state index contributed by atoms with van der Waals surface area (Å²) in [6.07, 6.45) is 1.84. The number of imidazole rings is 1. The highest BCUT2D eigenvalue weighted by Gasteiger charge is 2.15. The highest BCUT2D eigenvalue weighted by Crippen LogP contribution is 2.35. The average Bonchev–Trinajstić information content (AvgIpc) is 3.23. The molecule has 0 spiro atoms. The van der Waals surface area contributed by atoms with Crippen LogP contribution in [0.25, 0.3) is 26.4 Å². The number of hydrogen-bond donors (Lipinski definition) is 2. The van der Waals surface area contributed by atoms with Crippen molar-refractivity contribution in [3.63, 3.8) is 0 Å². The molecule has 0 aliphatic carbocycles. The van der Waals surface area contributed by atoms with Crippen molar-refractivity contribution in [1.29, 1.82) is 0 Å². The molecule has 0 radical (unpaired) electrons. The van der Waals surface area contributed by atoms with E-state index >= 15 is 0 Å². The Bertz CT molecular complexity index is 1040. The summed E-state index contributed by atoms with van der Waals surface area (Å²) < 4.78 is 7.34. The van der Waals surface area contributed by atoms with E-state index in [4.69, 9.17) is 14.8 Å². The average molecular weight is 354 g/mol. The normalized spacial score (nSPS) is 11.3. The van der Waals surface area contributed by atoms with Crippen molar-refractivity contribution in [1.82, 2.24) is 14.4 Å². The van der Waals surface area contributed by atoms with Crippen LogP contribution in [0.5, 0.6) is 5.75 Å². The van der Waals surface area contributed by atoms with Crippen molar-refractivity contribution in [2.75, 3.05) is 25.6 Å². The van der Waals surface area contributed by atoms with Crippen molar-refractivity contribution < 1.29 is 9.84 Å². The van der Waals surface area contributed by atoms with Gasteiger partial charge in [0.25, 0.3) is 0 Å². The predicted molar refractivity (Wildman–Crippen MR) is 101 cm³/mol. The van der Waals surface area contributed by atoms with E-state index in [-0.39, 0.29) is 6.61 Å². The molecule has 0 saturated carbocycles. The Labute approximate surface area is 148 Å². The molecule has 1 aromatic carbocycles. The number of hydrogen-bond acceptors (Lipinski definition) is 6. The maximum Gasteiger partial charge on any atom is 0.181 e. The zero-order valence-electron chi connectivity index (χ0n) is 14.0. The van der Waals surface area contributed by atoms with E-state index < -0.39 is 0 Å². The van der Waals surface area contributed by atoms with Gasteiger partial charge in [-0.25, -0.2) is 9.97 Å². The first-order valence-corrected chi connectivity index (χ1v) is 8.79. The molecule has 0 fully saturated rings. The standard InChI is InChI=1S/C18H18N4O2S/c1-11-10-20-17-16(19-7-8-23)21-14-9-15(25-18(14)22(11)17)12-3-5-13(24-2)6-4-12/h3-6,9-10,23H,7-8H2,1-2H3,(H,19,21). The molecular weight excluding hydrogens is 336 g/mol. The minimum Gasteiger partial charge on any atom is -0.497 e. The first-order valence-electron chi connectivity index (χ1n) is 7.98. The third-order valence-electron chi connectivity index (χ3n) is 4.06. The van der Waals surface area contributed by atoms with Crippen molar-refractivity contribution in [3.05, 3.63) is 42.2 Å². The summed E-state index contributed by atoms with van der Waals surface area (Å²) in [4.78, 5) is 11.4. The number of thiophene rings is 1. The van der Waals surface area contributed by atoms with Gasteiger partial charge in [0.05, 0.1) is 13.7 Å². The molecule has 0 bridgehead atoms. The van der Waals surface area contributed by atoms with Crippen LogP contribution in [-0.4, -0.2) is 39.7 Å². The second kappa shape index (κ2) is 6.34. The lowest BCUT2D eigenvalue weighted by atomic mass is 10.2. The van der Waals surface area contributed by atoms with Crippen LogP contribution in [0.4, 0.5) is 5.82 Å². The molecule has 4 rings (SSSR count). The minimum atomic E-state index is 0.0479. The number of aryl methyl sites for hydroxylation is 1. The lowest BCUT2D eigenvalue weighted by Crippen LogP contribution is -2.08.